The molecule has 1 aromatic carbocycles. The van der Waals surface area contributed by atoms with E-state index in [1.807, 2.05) is 31.3 Å². The number of methoxy groups -OCH3 is 2. The predicted octanol–water partition coefficient (Wildman–Crippen LogP) is 1.50. The Balaban J connectivity index is 2.59. The Bertz CT molecular complexity index is 331. The first kappa shape index (κ1) is 13.8. The zero-order valence-corrected chi connectivity index (χ0v) is 10.8. The van der Waals surface area contributed by atoms with E-state index in [0.29, 0.717) is 6.61 Å². The molecule has 0 amide bonds. The molecule has 17 heavy (non-hydrogen) atoms. The van der Waals surface area contributed by atoms with E-state index in [9.17, 15) is 0 Å². The van der Waals surface area contributed by atoms with Crippen LogP contribution in [0.3, 0.4) is 0 Å². The molecule has 1 aromatic rings. The van der Waals surface area contributed by atoms with Gasteiger partial charge < -0.3 is 20.1 Å². The number of rotatable bonds is 7. The molecule has 0 aliphatic carbocycles. The molecule has 0 bridgehead atoms. The Morgan fingerprint density at radius 2 is 2.00 bits per heavy atom. The molecule has 4 nitrogen and oxygen atoms in total. The summed E-state index contributed by atoms with van der Waals surface area (Å²) in [5, 5.41) is 0. The summed E-state index contributed by atoms with van der Waals surface area (Å²) in [6.07, 6.45) is 0.857. The Hall–Kier alpha value is -1.26. The van der Waals surface area contributed by atoms with Crippen LogP contribution in [0.2, 0.25) is 0 Å². The first-order chi connectivity index (χ1) is 8.19. The van der Waals surface area contributed by atoms with Crippen molar-refractivity contribution < 1.29 is 9.47 Å². The molecule has 0 heterocycles. The van der Waals surface area contributed by atoms with Crippen LogP contribution in [-0.4, -0.2) is 40.5 Å². The zero-order chi connectivity index (χ0) is 12.7. The number of likely N-dealkylation sites (N-methyl/N-ethyl adjacent to an activating group) is 1. The van der Waals surface area contributed by atoms with Gasteiger partial charge in [0.1, 0.15) is 5.75 Å². The fourth-order valence-electron chi connectivity index (χ4n) is 1.76. The Morgan fingerprint density at radius 3 is 2.65 bits per heavy atom. The molecule has 2 N–H and O–H groups in total. The van der Waals surface area contributed by atoms with E-state index in [-0.39, 0.29) is 6.04 Å². The van der Waals surface area contributed by atoms with Gasteiger partial charge in [0.25, 0.3) is 0 Å². The number of benzene rings is 1. The third-order valence-corrected chi connectivity index (χ3v) is 2.70. The number of hydrogen-bond acceptors (Lipinski definition) is 4. The Kier molecular flexibility index (Phi) is 5.80. The summed E-state index contributed by atoms with van der Waals surface area (Å²) < 4.78 is 10.3. The highest BCUT2D eigenvalue weighted by atomic mass is 16.5. The van der Waals surface area contributed by atoms with Gasteiger partial charge in [-0.25, -0.2) is 0 Å². The largest absolute Gasteiger partial charge is 0.495 e. The monoisotopic (exact) mass is 238 g/mol. The van der Waals surface area contributed by atoms with Crippen molar-refractivity contribution in [1.29, 1.82) is 0 Å². The van der Waals surface area contributed by atoms with Crippen molar-refractivity contribution in [1.82, 2.24) is 0 Å². The maximum absolute atomic E-state index is 6.03. The number of ether oxygens (including phenoxy) is 2. The van der Waals surface area contributed by atoms with Gasteiger partial charge in [-0.15, -0.1) is 0 Å². The maximum atomic E-state index is 6.03. The van der Waals surface area contributed by atoms with Crippen molar-refractivity contribution in [3.63, 3.8) is 0 Å². The summed E-state index contributed by atoms with van der Waals surface area (Å²) in [5.74, 6) is 0.869. The van der Waals surface area contributed by atoms with E-state index in [1.54, 1.807) is 14.2 Å². The van der Waals surface area contributed by atoms with E-state index in [4.69, 9.17) is 15.2 Å². The molecule has 0 aliphatic heterocycles. The second-order valence-electron chi connectivity index (χ2n) is 4.09. The van der Waals surface area contributed by atoms with Gasteiger partial charge in [0.15, 0.2) is 0 Å². The molecule has 0 aromatic heterocycles. The van der Waals surface area contributed by atoms with Crippen LogP contribution in [0.25, 0.3) is 0 Å². The third-order valence-electron chi connectivity index (χ3n) is 2.70. The van der Waals surface area contributed by atoms with E-state index in [2.05, 4.69) is 4.90 Å². The molecular formula is C13H22N2O2. The van der Waals surface area contributed by atoms with E-state index in [1.165, 1.54) is 0 Å². The quantitative estimate of drug-likeness (QED) is 0.782. The maximum Gasteiger partial charge on any atom is 0.142 e. The molecule has 4 heteroatoms. The summed E-state index contributed by atoms with van der Waals surface area (Å²) in [7, 11) is 5.39. The highest BCUT2D eigenvalue weighted by Crippen LogP contribution is 2.26. The lowest BCUT2D eigenvalue weighted by Crippen LogP contribution is -2.36. The summed E-state index contributed by atoms with van der Waals surface area (Å²) >= 11 is 0. The van der Waals surface area contributed by atoms with Crippen LogP contribution in [0, 0.1) is 0 Å². The second kappa shape index (κ2) is 7.14. The van der Waals surface area contributed by atoms with Gasteiger partial charge in [-0.1, -0.05) is 12.1 Å². The molecule has 0 aliphatic rings. The lowest BCUT2D eigenvalue weighted by atomic mass is 10.2. The third kappa shape index (κ3) is 4.24. The van der Waals surface area contributed by atoms with Crippen LogP contribution in [-0.2, 0) is 4.74 Å². The van der Waals surface area contributed by atoms with E-state index in [0.717, 1.165) is 24.4 Å². The molecule has 0 saturated carbocycles. The van der Waals surface area contributed by atoms with Crippen molar-refractivity contribution in [2.75, 3.05) is 39.3 Å². The SMILES string of the molecule is COCCC(N)CN(C)c1ccccc1OC. The first-order valence-corrected chi connectivity index (χ1v) is 5.77. The van der Waals surface area contributed by atoms with Gasteiger partial charge in [-0.3, -0.25) is 0 Å². The number of hydrogen-bond donors (Lipinski definition) is 1. The van der Waals surface area contributed by atoms with Gasteiger partial charge >= 0.3 is 0 Å². The Morgan fingerprint density at radius 1 is 1.29 bits per heavy atom. The highest BCUT2D eigenvalue weighted by molar-refractivity contribution is 5.57. The first-order valence-electron chi connectivity index (χ1n) is 5.77. The average molecular weight is 238 g/mol. The van der Waals surface area contributed by atoms with Crippen molar-refractivity contribution >= 4 is 5.69 Å². The predicted molar refractivity (Wildman–Crippen MR) is 70.7 cm³/mol. The van der Waals surface area contributed by atoms with E-state index >= 15 is 0 Å². The molecule has 0 spiro atoms. The van der Waals surface area contributed by atoms with Crippen molar-refractivity contribution in [3.8, 4) is 5.75 Å². The lowest BCUT2D eigenvalue weighted by molar-refractivity contribution is 0.188. The van der Waals surface area contributed by atoms with Crippen LogP contribution >= 0.6 is 0 Å². The molecule has 1 unspecified atom stereocenters. The van der Waals surface area contributed by atoms with Crippen LogP contribution in [0.1, 0.15) is 6.42 Å². The molecular weight excluding hydrogens is 216 g/mol. The van der Waals surface area contributed by atoms with Crippen LogP contribution in [0.15, 0.2) is 24.3 Å². The standard InChI is InChI=1S/C13H22N2O2/c1-15(10-11(14)8-9-16-2)12-6-4-5-7-13(12)17-3/h4-7,11H,8-10,14H2,1-3H3. The highest BCUT2D eigenvalue weighted by Gasteiger charge is 2.10. The van der Waals surface area contributed by atoms with Crippen molar-refractivity contribution in [3.05, 3.63) is 24.3 Å². The van der Waals surface area contributed by atoms with Crippen LogP contribution < -0.4 is 15.4 Å². The fraction of sp³-hybridized carbons (Fsp3) is 0.538. The molecule has 0 radical (unpaired) electrons. The van der Waals surface area contributed by atoms with Gasteiger partial charge in [-0.05, 0) is 18.6 Å². The number of nitrogens with two attached hydrogens (primary N) is 1. The normalized spacial score (nSPS) is 12.2. The molecule has 96 valence electrons. The van der Waals surface area contributed by atoms with Gasteiger partial charge in [0, 0.05) is 33.4 Å². The van der Waals surface area contributed by atoms with Gasteiger partial charge in [-0.2, -0.15) is 0 Å². The van der Waals surface area contributed by atoms with Crippen LogP contribution in [0.4, 0.5) is 5.69 Å². The zero-order valence-electron chi connectivity index (χ0n) is 10.8. The summed E-state index contributed by atoms with van der Waals surface area (Å²) in [6, 6.07) is 8.04. The molecule has 1 atom stereocenters. The molecule has 1 rings (SSSR count). The minimum atomic E-state index is 0.102. The fourth-order valence-corrected chi connectivity index (χ4v) is 1.76. The van der Waals surface area contributed by atoms with Gasteiger partial charge in [0.2, 0.25) is 0 Å². The Labute approximate surface area is 103 Å². The van der Waals surface area contributed by atoms with Crippen LogP contribution in [0.5, 0.6) is 5.75 Å². The average Bonchev–Trinajstić information content (AvgIpc) is 2.36. The minimum absolute atomic E-state index is 0.102. The topological polar surface area (TPSA) is 47.7 Å². The van der Waals surface area contributed by atoms with E-state index < -0.39 is 0 Å². The minimum Gasteiger partial charge on any atom is -0.495 e. The summed E-state index contributed by atoms with van der Waals surface area (Å²) in [4.78, 5) is 2.11. The smallest absolute Gasteiger partial charge is 0.142 e. The number of nitrogens with zero attached hydrogens (tertiary/aromatic N) is 1. The number of para-hydroxylation sites is 2. The van der Waals surface area contributed by atoms with Gasteiger partial charge in [0.05, 0.1) is 12.8 Å². The summed E-state index contributed by atoms with van der Waals surface area (Å²) in [6.45, 7) is 1.48. The second-order valence-corrected chi connectivity index (χ2v) is 4.09. The lowest BCUT2D eigenvalue weighted by Gasteiger charge is -2.24. The molecule has 0 fully saturated rings. The number of anilines is 1. The van der Waals surface area contributed by atoms with Crippen molar-refractivity contribution in [2.45, 2.75) is 12.5 Å². The molecule has 0 saturated heterocycles. The summed E-state index contributed by atoms with van der Waals surface area (Å²) in [5.41, 5.74) is 7.09. The van der Waals surface area contributed by atoms with Crippen molar-refractivity contribution in [2.24, 2.45) is 5.73 Å².